The third-order valence-corrected chi connectivity index (χ3v) is 9.76. The van der Waals surface area contributed by atoms with Gasteiger partial charge in [-0.05, 0) is 0 Å². The molecule has 0 aromatic carbocycles. The van der Waals surface area contributed by atoms with Crippen molar-refractivity contribution in [1.29, 1.82) is 0 Å². The summed E-state index contributed by atoms with van der Waals surface area (Å²) in [5, 5.41) is 0. The molecule has 0 aromatic rings. The van der Waals surface area contributed by atoms with E-state index < -0.39 is 31.1 Å². The van der Waals surface area contributed by atoms with Crippen LogP contribution in [0, 0.1) is 31.1 Å². The summed E-state index contributed by atoms with van der Waals surface area (Å²) < 4.78 is 13.7. The zero-order valence-corrected chi connectivity index (χ0v) is 15.6. The van der Waals surface area contributed by atoms with Gasteiger partial charge < -0.3 is 0 Å². The number of unbranched alkanes of at least 4 members (excludes halogenated alkanes) is 4. The van der Waals surface area contributed by atoms with Crippen LogP contribution in [0.5, 0.6) is 0 Å². The number of allylic oxidation sites excluding steroid dienone is 4. The van der Waals surface area contributed by atoms with E-state index in [1.165, 1.54) is 40.5 Å². The van der Waals surface area contributed by atoms with Crippen molar-refractivity contribution in [2.45, 2.75) is 58.8 Å². The van der Waals surface area contributed by atoms with Gasteiger partial charge in [0.05, 0.1) is 0 Å². The van der Waals surface area contributed by atoms with E-state index in [2.05, 4.69) is 32.1 Å². The molecule has 0 aliphatic heterocycles. The molecule has 3 heteroatoms. The molecule has 0 bridgehead atoms. The number of rotatable bonds is 11. The maximum absolute atomic E-state index is 6.10. The Labute approximate surface area is 126 Å². The van der Waals surface area contributed by atoms with Crippen molar-refractivity contribution in [1.82, 2.24) is 0 Å². The molecule has 0 aromatic heterocycles. The van der Waals surface area contributed by atoms with Crippen LogP contribution < -0.4 is 0 Å². The van der Waals surface area contributed by atoms with Gasteiger partial charge in [0, 0.05) is 0 Å². The molecule has 1 rings (SSSR count). The van der Waals surface area contributed by atoms with Gasteiger partial charge in [0.15, 0.2) is 0 Å². The zero-order chi connectivity index (χ0) is 13.1. The predicted octanol–water partition coefficient (Wildman–Crippen LogP) is 4.69. The first kappa shape index (κ1) is 16.6. The van der Waals surface area contributed by atoms with E-state index >= 15 is 0 Å². The van der Waals surface area contributed by atoms with E-state index in [0.717, 1.165) is 19.6 Å². The molecule has 2 nitrogen and oxygen atoms in total. The van der Waals surface area contributed by atoms with Crippen LogP contribution in [0.2, 0.25) is 0 Å². The average Bonchev–Trinajstić information content (AvgIpc) is 2.91. The fourth-order valence-electron chi connectivity index (χ4n) is 1.99. The van der Waals surface area contributed by atoms with Gasteiger partial charge >= 0.3 is 127 Å². The van der Waals surface area contributed by atoms with Crippen LogP contribution >= 0.6 is 0 Å². The summed E-state index contributed by atoms with van der Waals surface area (Å²) in [6, 6.07) is 0. The Morgan fingerprint density at radius 3 is 2.06 bits per heavy atom. The Hall–Kier alpha value is 0.595. The summed E-state index contributed by atoms with van der Waals surface area (Å²) in [7, 11) is 0. The third kappa shape index (κ3) is 7.25. The van der Waals surface area contributed by atoms with Gasteiger partial charge in [-0.15, -0.1) is 0 Å². The molecule has 0 radical (unpaired) electrons. The fraction of sp³-hybridized carbons (Fsp3) is 0.733. The van der Waals surface area contributed by atoms with Crippen LogP contribution in [-0.4, -0.2) is 13.2 Å². The summed E-state index contributed by atoms with van der Waals surface area (Å²) in [5.74, 6) is 0. The van der Waals surface area contributed by atoms with Crippen molar-refractivity contribution < 1.29 is 34.5 Å². The predicted molar refractivity (Wildman–Crippen MR) is 72.8 cm³/mol. The molecule has 0 unspecified atom stereocenters. The van der Waals surface area contributed by atoms with E-state index in [9.17, 15) is 0 Å². The molecule has 0 heterocycles. The minimum absolute atomic E-state index is 0.908. The normalized spacial score (nSPS) is 14.0. The molecule has 0 N–H and O–H groups in total. The molecule has 18 heavy (non-hydrogen) atoms. The average molecular weight is 378 g/mol. The van der Waals surface area contributed by atoms with Crippen LogP contribution in [0.15, 0.2) is 20.2 Å². The van der Waals surface area contributed by atoms with Gasteiger partial charge in [0.2, 0.25) is 0 Å². The van der Waals surface area contributed by atoms with Crippen molar-refractivity contribution in [2.75, 3.05) is 13.2 Å². The van der Waals surface area contributed by atoms with Crippen molar-refractivity contribution in [3.05, 3.63) is 20.2 Å². The molecule has 1 aliphatic carbocycles. The van der Waals surface area contributed by atoms with E-state index in [4.69, 9.17) is 3.41 Å². The molecule has 0 atom stereocenters. The first-order chi connectivity index (χ1) is 8.88. The Kier molecular flexibility index (Phi) is 10.6. The summed E-state index contributed by atoms with van der Waals surface area (Å²) in [4.78, 5) is 0. The van der Waals surface area contributed by atoms with Crippen molar-refractivity contribution in [3.8, 4) is 0 Å². The summed E-state index contributed by atoms with van der Waals surface area (Å²) >= 11 is -2.45. The van der Waals surface area contributed by atoms with Crippen LogP contribution in [0.3, 0.4) is 0 Å². The molecule has 1 aliphatic rings. The second-order valence-corrected chi connectivity index (χ2v) is 11.4. The second-order valence-electron chi connectivity index (χ2n) is 4.86. The Balaban J connectivity index is 2.23. The monoisotopic (exact) mass is 378 g/mol. The minimum atomic E-state index is -2.45. The van der Waals surface area contributed by atoms with Crippen molar-refractivity contribution >= 4 is 0 Å². The van der Waals surface area contributed by atoms with Gasteiger partial charge in [-0.1, -0.05) is 0 Å². The first-order valence-electron chi connectivity index (χ1n) is 7.47. The van der Waals surface area contributed by atoms with E-state index in [0.29, 0.717) is 0 Å². The van der Waals surface area contributed by atoms with E-state index in [-0.39, 0.29) is 0 Å². The van der Waals surface area contributed by atoms with Gasteiger partial charge in [0.1, 0.15) is 0 Å². The van der Waals surface area contributed by atoms with Crippen molar-refractivity contribution in [2.24, 2.45) is 0 Å². The molecule has 0 fully saturated rings. The zero-order valence-electron chi connectivity index (χ0n) is 12.0. The standard InChI is InChI=1S/2C5H11O.C5H5.La/c2*1-2-3-4-5-6;1-2-4-5-3-1;/h2*2-5H2,1H3;1-3H,4H2;/q2*-1;;+2. The Bertz CT molecular complexity index is 249. The van der Waals surface area contributed by atoms with Crippen LogP contribution in [0.25, 0.3) is 0 Å². The molecule has 0 spiro atoms. The third-order valence-electron chi connectivity index (χ3n) is 3.14. The molecule has 102 valence electrons. The molecule has 0 saturated heterocycles. The molecule has 0 amide bonds. The van der Waals surface area contributed by atoms with Crippen LogP contribution in [-0.2, 0) is 3.41 Å². The van der Waals surface area contributed by atoms with Gasteiger partial charge in [-0.25, -0.2) is 0 Å². The van der Waals surface area contributed by atoms with E-state index in [1.807, 2.05) is 0 Å². The van der Waals surface area contributed by atoms with E-state index in [1.54, 1.807) is 0 Å². The topological polar surface area (TPSA) is 18.5 Å². The summed E-state index contributed by atoms with van der Waals surface area (Å²) in [6.07, 6.45) is 15.1. The number of hydrogen-bond acceptors (Lipinski definition) is 2. The van der Waals surface area contributed by atoms with Crippen LogP contribution in [0.4, 0.5) is 0 Å². The van der Waals surface area contributed by atoms with Crippen LogP contribution in [0.1, 0.15) is 58.8 Å². The molecular weight excluding hydrogens is 351 g/mol. The Morgan fingerprint density at radius 1 is 1.00 bits per heavy atom. The fourth-order valence-corrected chi connectivity index (χ4v) is 7.90. The molecular formula is C15H27LaO2. The summed E-state index contributed by atoms with van der Waals surface area (Å²) in [6.45, 7) is 6.27. The van der Waals surface area contributed by atoms with Gasteiger partial charge in [-0.2, -0.15) is 0 Å². The van der Waals surface area contributed by atoms with Gasteiger partial charge in [-0.3, -0.25) is 0 Å². The van der Waals surface area contributed by atoms with Crippen molar-refractivity contribution in [3.63, 3.8) is 0 Å². The molecule has 0 saturated carbocycles. The maximum atomic E-state index is 6.10. The number of hydrogen-bond donors (Lipinski definition) is 0. The quantitative estimate of drug-likeness (QED) is 0.486. The first-order valence-corrected chi connectivity index (χ1v) is 12.2. The summed E-state index contributed by atoms with van der Waals surface area (Å²) in [5.41, 5.74) is 0. The van der Waals surface area contributed by atoms with Gasteiger partial charge in [0.25, 0.3) is 0 Å². The Morgan fingerprint density at radius 2 is 1.61 bits per heavy atom. The second kappa shape index (κ2) is 11.4. The SMILES string of the molecule is CCCCC[O][La]([O]CCCCC)[C]1=CC=CC1.